The number of fused-ring (bicyclic) bond motifs is 1. The highest BCUT2D eigenvalue weighted by Crippen LogP contribution is 2.39. The molecule has 0 aliphatic carbocycles. The van der Waals surface area contributed by atoms with E-state index in [2.05, 4.69) is 51.3 Å². The molecule has 0 unspecified atom stereocenters. The van der Waals surface area contributed by atoms with Gasteiger partial charge in [0.15, 0.2) is 17.4 Å². The minimum atomic E-state index is -0.568. The van der Waals surface area contributed by atoms with Crippen molar-refractivity contribution in [1.82, 2.24) is 14.9 Å². The summed E-state index contributed by atoms with van der Waals surface area (Å²) in [5, 5.41) is 0. The Kier molecular flexibility index (Phi) is 8.19. The predicted molar refractivity (Wildman–Crippen MR) is 151 cm³/mol. The quantitative estimate of drug-likeness (QED) is 0.352. The summed E-state index contributed by atoms with van der Waals surface area (Å²) in [5.41, 5.74) is 5.03. The highest BCUT2D eigenvalue weighted by atomic mass is 32.2. The van der Waals surface area contributed by atoms with E-state index in [9.17, 15) is 4.39 Å². The zero-order valence-electron chi connectivity index (χ0n) is 22.6. The number of benzene rings is 2. The van der Waals surface area contributed by atoms with Gasteiger partial charge in [0, 0.05) is 23.8 Å². The molecule has 5 nitrogen and oxygen atoms in total. The lowest BCUT2D eigenvalue weighted by Gasteiger charge is -2.34. The Balaban J connectivity index is 1.44. The molecule has 2 aromatic carbocycles. The molecule has 2 aliphatic rings. The lowest BCUT2D eigenvalue weighted by Crippen LogP contribution is -2.38. The van der Waals surface area contributed by atoms with Gasteiger partial charge in [-0.3, -0.25) is 0 Å². The summed E-state index contributed by atoms with van der Waals surface area (Å²) in [6.07, 6.45) is 6.17. The third-order valence-corrected chi connectivity index (χ3v) is 8.23. The first-order valence-electron chi connectivity index (χ1n) is 13.4. The normalized spacial score (nSPS) is 16.6. The second kappa shape index (κ2) is 11.6. The molecule has 0 N–H and O–H groups in total. The molecule has 0 radical (unpaired) electrons. The smallest absolute Gasteiger partial charge is 0.178 e. The van der Waals surface area contributed by atoms with Gasteiger partial charge in [-0.1, -0.05) is 18.2 Å². The number of nitrogens with zero attached hydrogens (tertiary/aromatic N) is 4. The first-order chi connectivity index (χ1) is 18.3. The van der Waals surface area contributed by atoms with Crippen LogP contribution in [0, 0.1) is 11.6 Å². The van der Waals surface area contributed by atoms with Crippen molar-refractivity contribution in [2.24, 2.45) is 0 Å². The maximum Gasteiger partial charge on any atom is 0.178 e. The van der Waals surface area contributed by atoms with Crippen LogP contribution in [0.15, 0.2) is 36.5 Å². The number of hydrogen-bond donors (Lipinski definition) is 0. The van der Waals surface area contributed by atoms with Crippen LogP contribution in [-0.4, -0.2) is 60.5 Å². The molecule has 0 amide bonds. The van der Waals surface area contributed by atoms with Gasteiger partial charge >= 0.3 is 0 Å². The number of aromatic nitrogens is 2. The van der Waals surface area contributed by atoms with Crippen LogP contribution in [0.3, 0.4) is 0 Å². The molecule has 3 heterocycles. The number of likely N-dealkylation sites (tertiary alicyclic amines) is 1. The first kappa shape index (κ1) is 26.9. The maximum absolute atomic E-state index is 15.0. The number of halogens is 2. The van der Waals surface area contributed by atoms with E-state index < -0.39 is 11.6 Å². The Bertz CT molecular complexity index is 1290. The lowest BCUT2D eigenvalue weighted by atomic mass is 9.86. The molecule has 0 saturated carbocycles. The van der Waals surface area contributed by atoms with Crippen molar-refractivity contribution >= 4 is 17.4 Å². The molecule has 8 heteroatoms. The van der Waals surface area contributed by atoms with Crippen LogP contribution in [0.2, 0.25) is 0 Å². The molecule has 1 saturated heterocycles. The number of hydrogen-bond acceptors (Lipinski definition) is 6. The number of anilines is 1. The molecule has 3 aromatic rings. The fourth-order valence-electron chi connectivity index (χ4n) is 5.62. The Morgan fingerprint density at radius 2 is 1.87 bits per heavy atom. The van der Waals surface area contributed by atoms with E-state index in [-0.39, 0.29) is 17.5 Å². The van der Waals surface area contributed by atoms with Gasteiger partial charge in [-0.05, 0) is 87.8 Å². The Morgan fingerprint density at radius 1 is 1.08 bits per heavy atom. The molecule has 1 aromatic heterocycles. The number of thioether (sulfide) groups is 1. The number of rotatable bonds is 7. The van der Waals surface area contributed by atoms with Crippen LogP contribution in [0.25, 0.3) is 11.3 Å². The molecule has 0 bridgehead atoms. The molecule has 2 aliphatic heterocycles. The van der Waals surface area contributed by atoms with E-state index in [1.165, 1.54) is 36.2 Å². The summed E-state index contributed by atoms with van der Waals surface area (Å²) in [6, 6.07) is 9.92. The molecule has 5 rings (SSSR count). The zero-order chi connectivity index (χ0) is 26.8. The van der Waals surface area contributed by atoms with Crippen molar-refractivity contribution in [3.63, 3.8) is 0 Å². The average molecular weight is 539 g/mol. The third kappa shape index (κ3) is 5.66. The van der Waals surface area contributed by atoms with Gasteiger partial charge in [-0.15, -0.1) is 0 Å². The lowest BCUT2D eigenvalue weighted by molar-refractivity contribution is 0.255. The molecular weight excluding hydrogens is 502 g/mol. The molecule has 38 heavy (non-hydrogen) atoms. The fourth-order valence-corrected chi connectivity index (χ4v) is 6.18. The Hall–Kier alpha value is -2.71. The summed E-state index contributed by atoms with van der Waals surface area (Å²) < 4.78 is 35.6. The highest BCUT2D eigenvalue weighted by Gasteiger charge is 2.26. The van der Waals surface area contributed by atoms with Crippen molar-refractivity contribution < 1.29 is 13.5 Å². The van der Waals surface area contributed by atoms with Crippen LogP contribution >= 0.6 is 11.8 Å². The van der Waals surface area contributed by atoms with Crippen molar-refractivity contribution in [2.75, 3.05) is 44.4 Å². The molecule has 202 valence electrons. The van der Waals surface area contributed by atoms with Crippen LogP contribution in [0.5, 0.6) is 5.75 Å². The van der Waals surface area contributed by atoms with E-state index >= 15 is 4.39 Å². The fraction of sp³-hybridized carbons (Fsp3) is 0.467. The number of piperidine rings is 1. The Morgan fingerprint density at radius 3 is 2.61 bits per heavy atom. The van der Waals surface area contributed by atoms with Gasteiger partial charge in [-0.2, -0.15) is 11.8 Å². The highest BCUT2D eigenvalue weighted by molar-refractivity contribution is 7.97. The van der Waals surface area contributed by atoms with Gasteiger partial charge in [0.1, 0.15) is 18.1 Å². The van der Waals surface area contributed by atoms with E-state index in [1.54, 1.807) is 6.07 Å². The number of ether oxygens (including phenoxy) is 1. The van der Waals surface area contributed by atoms with Gasteiger partial charge in [0.2, 0.25) is 0 Å². The topological polar surface area (TPSA) is 41.5 Å². The molecule has 0 atom stereocenters. The van der Waals surface area contributed by atoms with Crippen LogP contribution in [0.1, 0.15) is 55.1 Å². The van der Waals surface area contributed by atoms with Crippen molar-refractivity contribution in [1.29, 1.82) is 0 Å². The minimum Gasteiger partial charge on any atom is -0.486 e. The van der Waals surface area contributed by atoms with Crippen LogP contribution in [-0.2, 0) is 12.2 Å². The minimum absolute atomic E-state index is 0.110. The maximum atomic E-state index is 15.0. The Labute approximate surface area is 228 Å². The monoisotopic (exact) mass is 538 g/mol. The second-order valence-corrected chi connectivity index (χ2v) is 11.5. The van der Waals surface area contributed by atoms with Crippen LogP contribution in [0.4, 0.5) is 14.5 Å². The van der Waals surface area contributed by atoms with Crippen molar-refractivity contribution in [3.8, 4) is 17.0 Å². The third-order valence-electron chi connectivity index (χ3n) is 7.63. The predicted octanol–water partition coefficient (Wildman–Crippen LogP) is 6.29. The van der Waals surface area contributed by atoms with Crippen molar-refractivity contribution in [3.05, 3.63) is 70.7 Å². The van der Waals surface area contributed by atoms with Gasteiger partial charge < -0.3 is 14.5 Å². The van der Waals surface area contributed by atoms with Gasteiger partial charge in [-0.25, -0.2) is 18.7 Å². The molecule has 1 fully saturated rings. The summed E-state index contributed by atoms with van der Waals surface area (Å²) in [4.78, 5) is 13.3. The molecular formula is C30H36F2N4OS. The van der Waals surface area contributed by atoms with E-state index in [0.717, 1.165) is 24.4 Å². The van der Waals surface area contributed by atoms with E-state index in [4.69, 9.17) is 4.74 Å². The van der Waals surface area contributed by atoms with E-state index in [0.29, 0.717) is 42.6 Å². The van der Waals surface area contributed by atoms with Crippen LogP contribution < -0.4 is 9.64 Å². The van der Waals surface area contributed by atoms with Gasteiger partial charge in [0.25, 0.3) is 0 Å². The molecule has 0 spiro atoms. The summed E-state index contributed by atoms with van der Waals surface area (Å²) >= 11 is 1.82. The summed E-state index contributed by atoms with van der Waals surface area (Å²) in [7, 11) is 2.19. The van der Waals surface area contributed by atoms with Gasteiger partial charge in [0.05, 0.1) is 18.4 Å². The second-order valence-electron chi connectivity index (χ2n) is 10.6. The largest absolute Gasteiger partial charge is 0.486 e. The van der Waals surface area contributed by atoms with Crippen molar-refractivity contribution in [2.45, 2.75) is 50.8 Å². The van der Waals surface area contributed by atoms with E-state index in [1.807, 2.05) is 25.6 Å². The average Bonchev–Trinajstić information content (AvgIpc) is 2.90. The summed E-state index contributed by atoms with van der Waals surface area (Å²) in [5.74, 6) is 1.20. The zero-order valence-corrected chi connectivity index (χ0v) is 23.5. The summed E-state index contributed by atoms with van der Waals surface area (Å²) in [6.45, 7) is 7.42. The SMILES string of the molecule is CSCc1cc(Cc2ncc(F)c(-c3cc(F)c4c(c3)N(C(C)C)CCO4)n2)ccc1C1CCN(C)CC1. The first-order valence-corrected chi connectivity index (χ1v) is 14.8. The standard InChI is InChI=1S/C30H36F2N4OS/c1-19(2)36-11-12-37-30-25(31)15-22(16-27(30)36)29-26(32)17-33-28(34-29)14-20-5-6-24(23(13-20)18-38-4)21-7-9-35(3)10-8-21/h5-6,13,15-17,19,21H,7-12,14,18H2,1-4H3.